The third-order valence-corrected chi connectivity index (χ3v) is 6.99. The van der Waals surface area contributed by atoms with E-state index < -0.39 is 10.0 Å². The molecule has 0 aromatic heterocycles. The number of rotatable bonds is 6. The van der Waals surface area contributed by atoms with Crippen molar-refractivity contribution in [2.24, 2.45) is 0 Å². The number of amides is 1. The predicted octanol–water partition coefficient (Wildman–Crippen LogP) is 2.95. The minimum Gasteiger partial charge on any atom is -0.495 e. The number of ether oxygens (including phenoxy) is 1. The lowest BCUT2D eigenvalue weighted by molar-refractivity contribution is -0.117. The molecule has 1 aliphatic rings. The third-order valence-electron chi connectivity index (χ3n) is 4.57. The Bertz CT molecular complexity index is 993. The average molecular weight is 458 g/mol. The highest BCUT2D eigenvalue weighted by Crippen LogP contribution is 2.27. The maximum Gasteiger partial charge on any atom is 0.243 e. The Hall–Kier alpha value is -1.84. The molecule has 1 fully saturated rings. The van der Waals surface area contributed by atoms with Crippen molar-refractivity contribution < 1.29 is 17.9 Å². The second kappa shape index (κ2) is 9.32. The number of hydrogen-bond acceptors (Lipinski definition) is 5. The third kappa shape index (κ3) is 5.40. The van der Waals surface area contributed by atoms with Gasteiger partial charge >= 0.3 is 0 Å². The Balaban J connectivity index is 1.54. The molecule has 3 rings (SSSR count). The number of benzene rings is 2. The van der Waals surface area contributed by atoms with Crippen LogP contribution >= 0.6 is 23.2 Å². The number of carbonyl (C=O) groups excluding carboxylic acids is 1. The van der Waals surface area contributed by atoms with E-state index in [2.05, 4.69) is 5.32 Å². The van der Waals surface area contributed by atoms with Crippen molar-refractivity contribution in [3.63, 3.8) is 0 Å². The molecule has 10 heteroatoms. The van der Waals surface area contributed by atoms with Gasteiger partial charge in [0.05, 0.1) is 23.6 Å². The average Bonchev–Trinajstić information content (AvgIpc) is 2.68. The molecule has 29 heavy (non-hydrogen) atoms. The minimum absolute atomic E-state index is 0.161. The SMILES string of the molecule is COc1ccc(NC(=O)CN2CCN(S(=O)(=O)c3cccc(Cl)c3)CC2)cc1Cl. The van der Waals surface area contributed by atoms with Gasteiger partial charge in [-0.05, 0) is 36.4 Å². The number of halogens is 2. The van der Waals surface area contributed by atoms with Gasteiger partial charge in [-0.3, -0.25) is 9.69 Å². The summed E-state index contributed by atoms with van der Waals surface area (Å²) in [6.07, 6.45) is 0. The molecule has 0 saturated carbocycles. The van der Waals surface area contributed by atoms with Crippen molar-refractivity contribution in [1.82, 2.24) is 9.21 Å². The molecule has 0 bridgehead atoms. The zero-order chi connectivity index (χ0) is 21.0. The Kier molecular flexibility index (Phi) is 7.02. The summed E-state index contributed by atoms with van der Waals surface area (Å²) in [5.41, 5.74) is 0.572. The van der Waals surface area contributed by atoms with Gasteiger partial charge in [0.15, 0.2) is 0 Å². The Morgan fingerprint density at radius 3 is 2.45 bits per heavy atom. The largest absolute Gasteiger partial charge is 0.495 e. The van der Waals surface area contributed by atoms with E-state index in [-0.39, 0.29) is 17.3 Å². The van der Waals surface area contributed by atoms with Crippen LogP contribution in [0.4, 0.5) is 5.69 Å². The molecule has 1 N–H and O–H groups in total. The van der Waals surface area contributed by atoms with Gasteiger partial charge in [0, 0.05) is 36.9 Å². The highest BCUT2D eigenvalue weighted by atomic mass is 35.5. The Morgan fingerprint density at radius 2 is 1.83 bits per heavy atom. The molecule has 1 aliphatic heterocycles. The van der Waals surface area contributed by atoms with Crippen LogP contribution in [-0.4, -0.2) is 63.4 Å². The molecule has 1 heterocycles. The molecule has 0 spiro atoms. The summed E-state index contributed by atoms with van der Waals surface area (Å²) >= 11 is 12.0. The van der Waals surface area contributed by atoms with E-state index in [0.717, 1.165) is 0 Å². The molecule has 156 valence electrons. The van der Waals surface area contributed by atoms with Crippen molar-refractivity contribution in [3.8, 4) is 5.75 Å². The van der Waals surface area contributed by atoms with Gasteiger partial charge in [-0.2, -0.15) is 4.31 Å². The number of hydrogen-bond donors (Lipinski definition) is 1. The number of nitrogens with one attached hydrogen (secondary N) is 1. The fourth-order valence-electron chi connectivity index (χ4n) is 3.05. The topological polar surface area (TPSA) is 79.0 Å². The molecular weight excluding hydrogens is 437 g/mol. The van der Waals surface area contributed by atoms with Gasteiger partial charge in [0.2, 0.25) is 15.9 Å². The van der Waals surface area contributed by atoms with Gasteiger partial charge in [-0.15, -0.1) is 0 Å². The lowest BCUT2D eigenvalue weighted by atomic mass is 10.3. The molecular formula is C19H21Cl2N3O4S. The number of methoxy groups -OCH3 is 1. The van der Waals surface area contributed by atoms with Crippen LogP contribution in [0.25, 0.3) is 0 Å². The molecule has 0 unspecified atom stereocenters. The van der Waals surface area contributed by atoms with Gasteiger partial charge in [0.25, 0.3) is 0 Å². The number of nitrogens with zero attached hydrogens (tertiary/aromatic N) is 2. The number of anilines is 1. The Morgan fingerprint density at radius 1 is 1.10 bits per heavy atom. The van der Waals surface area contributed by atoms with Crippen LogP contribution < -0.4 is 10.1 Å². The quantitative estimate of drug-likeness (QED) is 0.720. The Labute approximate surface area is 180 Å². The predicted molar refractivity (Wildman–Crippen MR) is 113 cm³/mol. The smallest absolute Gasteiger partial charge is 0.243 e. The van der Waals surface area contributed by atoms with Gasteiger partial charge in [-0.1, -0.05) is 29.3 Å². The molecule has 0 aliphatic carbocycles. The van der Waals surface area contributed by atoms with Crippen LogP contribution in [0.2, 0.25) is 10.0 Å². The van der Waals surface area contributed by atoms with Crippen LogP contribution in [0.1, 0.15) is 0 Å². The lowest BCUT2D eigenvalue weighted by Gasteiger charge is -2.33. The van der Waals surface area contributed by atoms with E-state index >= 15 is 0 Å². The van der Waals surface area contributed by atoms with Gasteiger partial charge in [0.1, 0.15) is 5.75 Å². The first-order chi connectivity index (χ1) is 13.8. The summed E-state index contributed by atoms with van der Waals surface area (Å²) in [6, 6.07) is 11.2. The van der Waals surface area contributed by atoms with Crippen LogP contribution in [0.3, 0.4) is 0 Å². The number of sulfonamides is 1. The zero-order valence-corrected chi connectivity index (χ0v) is 18.1. The van der Waals surface area contributed by atoms with Crippen LogP contribution in [0.5, 0.6) is 5.75 Å². The van der Waals surface area contributed by atoms with E-state index in [4.69, 9.17) is 27.9 Å². The van der Waals surface area contributed by atoms with Crippen molar-refractivity contribution in [2.45, 2.75) is 4.90 Å². The lowest BCUT2D eigenvalue weighted by Crippen LogP contribution is -2.50. The summed E-state index contributed by atoms with van der Waals surface area (Å²) in [7, 11) is -2.08. The first-order valence-corrected chi connectivity index (χ1v) is 11.1. The van der Waals surface area contributed by atoms with E-state index in [1.165, 1.54) is 23.5 Å². The first-order valence-electron chi connectivity index (χ1n) is 8.91. The van der Waals surface area contributed by atoms with E-state index in [1.54, 1.807) is 30.3 Å². The maximum absolute atomic E-state index is 12.7. The highest BCUT2D eigenvalue weighted by Gasteiger charge is 2.29. The standard InChI is InChI=1S/C19H21Cl2N3O4S/c1-28-18-6-5-15(12-17(18)21)22-19(25)13-23-7-9-24(10-8-23)29(26,27)16-4-2-3-14(20)11-16/h2-6,11-12H,7-10,13H2,1H3,(H,22,25). The summed E-state index contributed by atoms with van der Waals surface area (Å²) in [5, 5.41) is 3.57. The summed E-state index contributed by atoms with van der Waals surface area (Å²) < 4.78 is 32.0. The maximum atomic E-state index is 12.7. The summed E-state index contributed by atoms with van der Waals surface area (Å²) in [5.74, 6) is 0.332. The zero-order valence-electron chi connectivity index (χ0n) is 15.8. The van der Waals surface area contributed by atoms with Gasteiger partial charge < -0.3 is 10.1 Å². The van der Waals surface area contributed by atoms with E-state index in [0.29, 0.717) is 47.7 Å². The molecule has 2 aromatic rings. The second-order valence-corrected chi connectivity index (χ2v) is 9.32. The molecule has 1 saturated heterocycles. The number of carbonyl (C=O) groups is 1. The van der Waals surface area contributed by atoms with Crippen LogP contribution in [0.15, 0.2) is 47.4 Å². The van der Waals surface area contributed by atoms with Crippen molar-refractivity contribution in [1.29, 1.82) is 0 Å². The first kappa shape index (κ1) is 21.9. The summed E-state index contributed by atoms with van der Waals surface area (Å²) in [4.78, 5) is 14.4. The number of piperazine rings is 1. The summed E-state index contributed by atoms with van der Waals surface area (Å²) in [6.45, 7) is 1.68. The van der Waals surface area contributed by atoms with Gasteiger partial charge in [-0.25, -0.2) is 8.42 Å². The normalized spacial score (nSPS) is 15.8. The minimum atomic E-state index is -3.60. The monoisotopic (exact) mass is 457 g/mol. The molecule has 0 atom stereocenters. The fourth-order valence-corrected chi connectivity index (χ4v) is 5.03. The molecule has 7 nitrogen and oxygen atoms in total. The van der Waals surface area contributed by atoms with E-state index in [1.807, 2.05) is 4.90 Å². The second-order valence-electron chi connectivity index (χ2n) is 6.54. The van der Waals surface area contributed by atoms with Crippen LogP contribution in [-0.2, 0) is 14.8 Å². The van der Waals surface area contributed by atoms with Crippen molar-refractivity contribution in [2.75, 3.05) is 45.2 Å². The van der Waals surface area contributed by atoms with Crippen molar-refractivity contribution >= 4 is 44.8 Å². The molecule has 2 aromatic carbocycles. The fraction of sp³-hybridized carbons (Fsp3) is 0.316. The molecule has 0 radical (unpaired) electrons. The van der Waals surface area contributed by atoms with Crippen molar-refractivity contribution in [3.05, 3.63) is 52.5 Å². The van der Waals surface area contributed by atoms with E-state index in [9.17, 15) is 13.2 Å². The van der Waals surface area contributed by atoms with Crippen LogP contribution in [0, 0.1) is 0 Å². The highest BCUT2D eigenvalue weighted by molar-refractivity contribution is 7.89. The molecule has 1 amide bonds.